The predicted molar refractivity (Wildman–Crippen MR) is 62.9 cm³/mol. The van der Waals surface area contributed by atoms with Crippen LogP contribution >= 0.6 is 0 Å². The van der Waals surface area contributed by atoms with Crippen LogP contribution in [0.1, 0.15) is 52.4 Å². The maximum absolute atomic E-state index is 10.1. The fourth-order valence-electron chi connectivity index (χ4n) is 1.50. The third-order valence-corrected chi connectivity index (χ3v) is 2.47. The van der Waals surface area contributed by atoms with Gasteiger partial charge in [-0.25, -0.2) is 14.6 Å². The fourth-order valence-corrected chi connectivity index (χ4v) is 1.50. The van der Waals surface area contributed by atoms with Gasteiger partial charge in [0.1, 0.15) is 0 Å². The van der Waals surface area contributed by atoms with E-state index in [1.807, 2.05) is 13.8 Å². The number of nitrogens with zero attached hydrogens (tertiary/aromatic N) is 2. The molecule has 16 heavy (non-hydrogen) atoms. The highest BCUT2D eigenvalue weighted by atomic mass is 16.1. The van der Waals surface area contributed by atoms with Crippen molar-refractivity contribution in [2.24, 2.45) is 9.98 Å². The molecule has 0 spiro atoms. The molecule has 0 aliphatic rings. The number of carbonyl (C=O) groups excluding carboxylic acids is 2. The van der Waals surface area contributed by atoms with E-state index >= 15 is 0 Å². The van der Waals surface area contributed by atoms with E-state index in [2.05, 4.69) is 9.98 Å². The first-order chi connectivity index (χ1) is 7.62. The van der Waals surface area contributed by atoms with Crippen LogP contribution in [0.15, 0.2) is 9.98 Å². The van der Waals surface area contributed by atoms with Gasteiger partial charge >= 0.3 is 0 Å². The first-order valence-electron chi connectivity index (χ1n) is 5.75. The third-order valence-electron chi connectivity index (χ3n) is 2.47. The maximum atomic E-state index is 10.1. The van der Waals surface area contributed by atoms with Crippen LogP contribution in [0, 0.1) is 0 Å². The minimum Gasteiger partial charge on any atom is -0.211 e. The van der Waals surface area contributed by atoms with Crippen molar-refractivity contribution in [1.82, 2.24) is 0 Å². The number of hydrogen-bond donors (Lipinski definition) is 0. The number of isocyanates is 2. The van der Waals surface area contributed by atoms with Gasteiger partial charge in [-0.1, -0.05) is 25.7 Å². The van der Waals surface area contributed by atoms with Crippen LogP contribution in [0.3, 0.4) is 0 Å². The van der Waals surface area contributed by atoms with E-state index in [0.717, 1.165) is 38.5 Å². The summed E-state index contributed by atoms with van der Waals surface area (Å²) in [5, 5.41) is 0. The van der Waals surface area contributed by atoms with Crippen molar-refractivity contribution in [2.45, 2.75) is 57.9 Å². The summed E-state index contributed by atoms with van der Waals surface area (Å²) in [6.07, 6.45) is 9.41. The molecule has 0 aromatic heterocycles. The first-order valence-corrected chi connectivity index (χ1v) is 5.75. The summed E-state index contributed by atoms with van der Waals surface area (Å²) < 4.78 is 0. The molecule has 0 unspecified atom stereocenters. The summed E-state index contributed by atoms with van der Waals surface area (Å²) in [4.78, 5) is 27.1. The van der Waals surface area contributed by atoms with E-state index in [1.54, 1.807) is 6.08 Å². The lowest BCUT2D eigenvalue weighted by atomic mass is 9.97. The third kappa shape index (κ3) is 9.32. The lowest BCUT2D eigenvalue weighted by Gasteiger charge is -2.16. The van der Waals surface area contributed by atoms with Crippen LogP contribution in [-0.2, 0) is 9.59 Å². The van der Waals surface area contributed by atoms with Gasteiger partial charge in [-0.15, -0.1) is 0 Å². The molecular formula is C12H20N2O2. The zero-order valence-corrected chi connectivity index (χ0v) is 10.2. The summed E-state index contributed by atoms with van der Waals surface area (Å²) in [6, 6.07) is 0. The van der Waals surface area contributed by atoms with Gasteiger partial charge in [0.2, 0.25) is 12.2 Å². The quantitative estimate of drug-likeness (QED) is 0.343. The van der Waals surface area contributed by atoms with E-state index in [9.17, 15) is 9.59 Å². The van der Waals surface area contributed by atoms with Crippen molar-refractivity contribution in [3.05, 3.63) is 0 Å². The highest BCUT2D eigenvalue weighted by molar-refractivity contribution is 5.34. The van der Waals surface area contributed by atoms with Crippen molar-refractivity contribution in [3.8, 4) is 0 Å². The van der Waals surface area contributed by atoms with Crippen molar-refractivity contribution < 1.29 is 9.59 Å². The largest absolute Gasteiger partial charge is 0.235 e. The standard InChI is InChI=1S/C12H20N2O2/c1-12(2,14-11-16)8-6-4-3-5-7-9-13-10-15/h3-9H2,1-2H3. The second kappa shape index (κ2) is 9.02. The van der Waals surface area contributed by atoms with Gasteiger partial charge < -0.3 is 0 Å². The zero-order valence-electron chi connectivity index (χ0n) is 10.2. The monoisotopic (exact) mass is 224 g/mol. The molecule has 0 aromatic rings. The minimum atomic E-state index is -0.274. The second-order valence-electron chi connectivity index (χ2n) is 4.51. The average Bonchev–Trinajstić information content (AvgIpc) is 2.22. The molecule has 0 saturated heterocycles. The molecule has 0 amide bonds. The van der Waals surface area contributed by atoms with Crippen LogP contribution in [0.2, 0.25) is 0 Å². The predicted octanol–water partition coefficient (Wildman–Crippen LogP) is 2.78. The Bertz CT molecular complexity index is 275. The van der Waals surface area contributed by atoms with Crippen LogP contribution in [0.5, 0.6) is 0 Å². The second-order valence-corrected chi connectivity index (χ2v) is 4.51. The first kappa shape index (κ1) is 14.8. The Morgan fingerprint density at radius 3 is 2.19 bits per heavy atom. The van der Waals surface area contributed by atoms with Crippen LogP contribution < -0.4 is 0 Å². The van der Waals surface area contributed by atoms with E-state index < -0.39 is 0 Å². The lowest BCUT2D eigenvalue weighted by Crippen LogP contribution is -2.15. The van der Waals surface area contributed by atoms with E-state index in [1.165, 1.54) is 6.08 Å². The number of aliphatic imine (C=N–C) groups is 2. The molecule has 0 rings (SSSR count). The molecule has 0 heterocycles. The summed E-state index contributed by atoms with van der Waals surface area (Å²) in [7, 11) is 0. The summed E-state index contributed by atoms with van der Waals surface area (Å²) in [5.74, 6) is 0. The maximum Gasteiger partial charge on any atom is 0.235 e. The molecule has 0 fully saturated rings. The van der Waals surface area contributed by atoms with E-state index in [-0.39, 0.29) is 5.54 Å². The van der Waals surface area contributed by atoms with Crippen LogP contribution in [0.4, 0.5) is 0 Å². The Hall–Kier alpha value is -1.24. The Kier molecular flexibility index (Phi) is 8.32. The van der Waals surface area contributed by atoms with Crippen molar-refractivity contribution in [3.63, 3.8) is 0 Å². The Labute approximate surface area is 96.9 Å². The fraction of sp³-hybridized carbons (Fsp3) is 0.833. The molecule has 90 valence electrons. The number of hydrogen-bond acceptors (Lipinski definition) is 4. The summed E-state index contributed by atoms with van der Waals surface area (Å²) in [5.41, 5.74) is -0.274. The smallest absolute Gasteiger partial charge is 0.211 e. The van der Waals surface area contributed by atoms with E-state index in [0.29, 0.717) is 6.54 Å². The van der Waals surface area contributed by atoms with Crippen LogP contribution in [-0.4, -0.2) is 24.2 Å². The van der Waals surface area contributed by atoms with Crippen molar-refractivity contribution in [2.75, 3.05) is 6.54 Å². The van der Waals surface area contributed by atoms with Gasteiger partial charge in [0, 0.05) is 0 Å². The minimum absolute atomic E-state index is 0.274. The molecule has 0 aromatic carbocycles. The Morgan fingerprint density at radius 1 is 0.938 bits per heavy atom. The Morgan fingerprint density at radius 2 is 1.56 bits per heavy atom. The molecule has 0 saturated carbocycles. The van der Waals surface area contributed by atoms with Gasteiger partial charge in [-0.2, -0.15) is 4.99 Å². The van der Waals surface area contributed by atoms with E-state index in [4.69, 9.17) is 0 Å². The molecule has 4 nitrogen and oxygen atoms in total. The highest BCUT2D eigenvalue weighted by Gasteiger charge is 2.14. The zero-order chi connectivity index (χ0) is 12.3. The molecule has 0 N–H and O–H groups in total. The molecule has 0 radical (unpaired) electrons. The van der Waals surface area contributed by atoms with Crippen molar-refractivity contribution in [1.29, 1.82) is 0 Å². The summed E-state index contributed by atoms with van der Waals surface area (Å²) in [6.45, 7) is 4.47. The average molecular weight is 224 g/mol. The Balaban J connectivity index is 3.39. The highest BCUT2D eigenvalue weighted by Crippen LogP contribution is 2.18. The van der Waals surface area contributed by atoms with Gasteiger partial charge in [0.05, 0.1) is 12.1 Å². The topological polar surface area (TPSA) is 58.9 Å². The number of rotatable bonds is 9. The summed E-state index contributed by atoms with van der Waals surface area (Å²) >= 11 is 0. The molecule has 4 heteroatoms. The SMILES string of the molecule is CC(C)(CCCCCCCN=C=O)N=C=O. The number of unbranched alkanes of at least 4 members (excludes halogenated alkanes) is 4. The van der Waals surface area contributed by atoms with Gasteiger partial charge in [0.25, 0.3) is 0 Å². The molecule has 0 aliphatic carbocycles. The lowest BCUT2D eigenvalue weighted by molar-refractivity contribution is 0.439. The molecule has 0 atom stereocenters. The van der Waals surface area contributed by atoms with Gasteiger partial charge in [-0.05, 0) is 26.7 Å². The molecular weight excluding hydrogens is 204 g/mol. The van der Waals surface area contributed by atoms with Crippen molar-refractivity contribution >= 4 is 12.2 Å². The van der Waals surface area contributed by atoms with Gasteiger partial charge in [0.15, 0.2) is 0 Å². The van der Waals surface area contributed by atoms with Crippen LogP contribution in [0.25, 0.3) is 0 Å². The van der Waals surface area contributed by atoms with Gasteiger partial charge in [-0.3, -0.25) is 0 Å². The normalized spacial score (nSPS) is 10.4. The molecule has 0 aliphatic heterocycles. The molecule has 0 bridgehead atoms.